The summed E-state index contributed by atoms with van der Waals surface area (Å²) >= 11 is 1.30. The van der Waals surface area contributed by atoms with Gasteiger partial charge in [0.25, 0.3) is 5.91 Å². The predicted octanol–water partition coefficient (Wildman–Crippen LogP) is 4.26. The second-order valence-corrected chi connectivity index (χ2v) is 9.09. The number of nitrogens with zero attached hydrogens (tertiary/aromatic N) is 2. The van der Waals surface area contributed by atoms with Crippen molar-refractivity contribution in [1.29, 1.82) is 0 Å². The summed E-state index contributed by atoms with van der Waals surface area (Å²) in [6, 6.07) is 7.84. The third kappa shape index (κ3) is 4.77. The van der Waals surface area contributed by atoms with Gasteiger partial charge in [-0.15, -0.1) is 11.3 Å². The number of benzene rings is 1. The standard InChI is InChI=1S/C24H25FN2O3S/c1-16(28)22-13-19(15-31-22)24(30)26-12-10-21-18(14-26)3-2-11-27(21)23(29)9-6-17-4-7-20(25)8-5-17/h4-9,13,15,18,21H,2-3,10-12,14H2,1H3/t18-,21+/m1/s1. The van der Waals surface area contributed by atoms with E-state index in [1.165, 1.54) is 30.4 Å². The molecule has 4 rings (SSSR count). The zero-order valence-electron chi connectivity index (χ0n) is 17.4. The van der Waals surface area contributed by atoms with Crippen molar-refractivity contribution in [2.75, 3.05) is 19.6 Å². The van der Waals surface area contributed by atoms with Crippen molar-refractivity contribution in [3.05, 3.63) is 63.6 Å². The van der Waals surface area contributed by atoms with Crippen LogP contribution in [-0.4, -0.2) is 53.1 Å². The van der Waals surface area contributed by atoms with Gasteiger partial charge in [-0.2, -0.15) is 0 Å². The van der Waals surface area contributed by atoms with Gasteiger partial charge in [0.1, 0.15) is 5.82 Å². The molecule has 3 heterocycles. The van der Waals surface area contributed by atoms with E-state index in [2.05, 4.69) is 0 Å². The summed E-state index contributed by atoms with van der Waals surface area (Å²) < 4.78 is 13.1. The Hall–Kier alpha value is -2.80. The maximum Gasteiger partial charge on any atom is 0.254 e. The van der Waals surface area contributed by atoms with Crippen LogP contribution in [-0.2, 0) is 4.79 Å². The van der Waals surface area contributed by atoms with Crippen LogP contribution in [0.2, 0.25) is 0 Å². The van der Waals surface area contributed by atoms with Gasteiger partial charge in [-0.05, 0) is 61.9 Å². The minimum absolute atomic E-state index is 0.0297. The number of hydrogen-bond acceptors (Lipinski definition) is 4. The highest BCUT2D eigenvalue weighted by Gasteiger charge is 2.39. The summed E-state index contributed by atoms with van der Waals surface area (Å²) in [5.74, 6) is -0.161. The van der Waals surface area contributed by atoms with Crippen molar-refractivity contribution >= 4 is 35.0 Å². The van der Waals surface area contributed by atoms with E-state index in [0.717, 1.165) is 24.8 Å². The summed E-state index contributed by atoms with van der Waals surface area (Å²) in [6.45, 7) is 3.44. The maximum absolute atomic E-state index is 13.1. The average molecular weight is 441 g/mol. The first kappa shape index (κ1) is 21.4. The highest BCUT2D eigenvalue weighted by atomic mass is 32.1. The van der Waals surface area contributed by atoms with Gasteiger partial charge in [-0.25, -0.2) is 4.39 Å². The molecule has 1 aromatic carbocycles. The molecule has 1 aromatic heterocycles. The molecule has 0 radical (unpaired) electrons. The molecular weight excluding hydrogens is 415 g/mol. The molecule has 0 unspecified atom stereocenters. The van der Waals surface area contributed by atoms with Gasteiger partial charge in [-0.1, -0.05) is 12.1 Å². The lowest BCUT2D eigenvalue weighted by Gasteiger charge is -2.47. The number of halogens is 1. The van der Waals surface area contributed by atoms with Crippen LogP contribution in [0.5, 0.6) is 0 Å². The lowest BCUT2D eigenvalue weighted by atomic mass is 9.83. The average Bonchev–Trinajstić information content (AvgIpc) is 3.28. The zero-order valence-corrected chi connectivity index (χ0v) is 18.2. The fourth-order valence-electron chi connectivity index (χ4n) is 4.51. The highest BCUT2D eigenvalue weighted by Crippen LogP contribution is 2.32. The number of Topliss-reactive ketones (excluding diaryl/α,β-unsaturated/α-hetero) is 1. The number of ketones is 1. The van der Waals surface area contributed by atoms with Gasteiger partial charge < -0.3 is 9.80 Å². The Morgan fingerprint density at radius 2 is 1.90 bits per heavy atom. The SMILES string of the molecule is CC(=O)c1cc(C(=O)N2CC[C@H]3[C@H](CCCN3C(=O)C=Cc3ccc(F)cc3)C2)cs1. The van der Waals surface area contributed by atoms with E-state index in [-0.39, 0.29) is 35.4 Å². The van der Waals surface area contributed by atoms with Crippen LogP contribution in [0, 0.1) is 11.7 Å². The fourth-order valence-corrected chi connectivity index (χ4v) is 5.30. The van der Waals surface area contributed by atoms with Gasteiger partial charge in [0.15, 0.2) is 5.78 Å². The first-order valence-corrected chi connectivity index (χ1v) is 11.4. The maximum atomic E-state index is 13.1. The topological polar surface area (TPSA) is 57.7 Å². The van der Waals surface area contributed by atoms with Crippen molar-refractivity contribution in [2.24, 2.45) is 5.92 Å². The number of carbonyl (C=O) groups excluding carboxylic acids is 3. The van der Waals surface area contributed by atoms with E-state index in [1.807, 2.05) is 9.80 Å². The van der Waals surface area contributed by atoms with E-state index >= 15 is 0 Å². The largest absolute Gasteiger partial charge is 0.338 e. The van der Waals surface area contributed by atoms with E-state index in [0.29, 0.717) is 30.1 Å². The van der Waals surface area contributed by atoms with Gasteiger partial charge in [0.05, 0.1) is 10.4 Å². The molecule has 0 aliphatic carbocycles. The number of carbonyl (C=O) groups is 3. The predicted molar refractivity (Wildman–Crippen MR) is 119 cm³/mol. The number of piperidine rings is 2. The summed E-state index contributed by atoms with van der Waals surface area (Å²) in [4.78, 5) is 41.7. The van der Waals surface area contributed by atoms with Crippen LogP contribution in [0.25, 0.3) is 6.08 Å². The molecule has 2 aliphatic heterocycles. The smallest absolute Gasteiger partial charge is 0.254 e. The summed E-state index contributed by atoms with van der Waals surface area (Å²) in [5, 5.41) is 1.75. The quantitative estimate of drug-likeness (QED) is 0.527. The zero-order chi connectivity index (χ0) is 22.0. The minimum Gasteiger partial charge on any atom is -0.338 e. The van der Waals surface area contributed by atoms with Crippen LogP contribution < -0.4 is 0 Å². The second kappa shape index (κ2) is 9.14. The van der Waals surface area contributed by atoms with Gasteiger partial charge in [0.2, 0.25) is 5.91 Å². The van der Waals surface area contributed by atoms with Gasteiger partial charge >= 0.3 is 0 Å². The minimum atomic E-state index is -0.302. The molecular formula is C24H25FN2O3S. The molecule has 2 saturated heterocycles. The molecule has 2 aliphatic rings. The summed E-state index contributed by atoms with van der Waals surface area (Å²) in [5.41, 5.74) is 1.35. The van der Waals surface area contributed by atoms with Crippen molar-refractivity contribution in [3.8, 4) is 0 Å². The van der Waals surface area contributed by atoms with Crippen molar-refractivity contribution in [3.63, 3.8) is 0 Å². The second-order valence-electron chi connectivity index (χ2n) is 8.18. The molecule has 2 fully saturated rings. The van der Waals surface area contributed by atoms with Crippen LogP contribution >= 0.6 is 11.3 Å². The molecule has 2 amide bonds. The highest BCUT2D eigenvalue weighted by molar-refractivity contribution is 7.12. The Morgan fingerprint density at radius 3 is 2.61 bits per heavy atom. The Balaban J connectivity index is 1.40. The van der Waals surface area contributed by atoms with Crippen LogP contribution in [0.15, 0.2) is 41.8 Å². The number of rotatable bonds is 4. The number of thiophene rings is 1. The fraction of sp³-hybridized carbons (Fsp3) is 0.375. The van der Waals surface area contributed by atoms with Crippen molar-refractivity contribution in [1.82, 2.24) is 9.80 Å². The van der Waals surface area contributed by atoms with Crippen LogP contribution in [0.4, 0.5) is 4.39 Å². The number of amides is 2. The van der Waals surface area contributed by atoms with E-state index < -0.39 is 0 Å². The lowest BCUT2D eigenvalue weighted by Crippen LogP contribution is -2.56. The molecule has 2 aromatic rings. The molecule has 2 atom stereocenters. The normalized spacial score (nSPS) is 21.2. The van der Waals surface area contributed by atoms with Crippen LogP contribution in [0.3, 0.4) is 0 Å². The number of likely N-dealkylation sites (tertiary alicyclic amines) is 2. The Labute approximate surface area is 185 Å². The number of hydrogen-bond donors (Lipinski definition) is 0. The molecule has 0 saturated carbocycles. The molecule has 0 bridgehead atoms. The molecule has 0 N–H and O–H groups in total. The first-order chi connectivity index (χ1) is 14.9. The van der Waals surface area contributed by atoms with Crippen molar-refractivity contribution in [2.45, 2.75) is 32.2 Å². The lowest BCUT2D eigenvalue weighted by molar-refractivity contribution is -0.132. The monoisotopic (exact) mass is 440 g/mol. The Morgan fingerprint density at radius 1 is 1.13 bits per heavy atom. The molecule has 31 heavy (non-hydrogen) atoms. The van der Waals surface area contributed by atoms with Crippen molar-refractivity contribution < 1.29 is 18.8 Å². The molecule has 162 valence electrons. The van der Waals surface area contributed by atoms with Gasteiger partial charge in [-0.3, -0.25) is 14.4 Å². The first-order valence-electron chi connectivity index (χ1n) is 10.6. The summed E-state index contributed by atoms with van der Waals surface area (Å²) in [6.07, 6.45) is 5.92. The Kier molecular flexibility index (Phi) is 6.32. The molecule has 7 heteroatoms. The molecule has 0 spiro atoms. The third-order valence-electron chi connectivity index (χ3n) is 6.12. The Bertz CT molecular complexity index is 1010. The number of fused-ring (bicyclic) bond motifs is 1. The van der Waals surface area contributed by atoms with E-state index in [4.69, 9.17) is 0 Å². The van der Waals surface area contributed by atoms with Crippen LogP contribution in [0.1, 0.15) is 51.8 Å². The third-order valence-corrected chi connectivity index (χ3v) is 7.15. The molecule has 5 nitrogen and oxygen atoms in total. The van der Waals surface area contributed by atoms with E-state index in [1.54, 1.807) is 35.7 Å². The van der Waals surface area contributed by atoms with E-state index in [9.17, 15) is 18.8 Å². The van der Waals surface area contributed by atoms with Gasteiger partial charge in [0, 0.05) is 37.1 Å². The summed E-state index contributed by atoms with van der Waals surface area (Å²) in [7, 11) is 0.